The first-order chi connectivity index (χ1) is 10.1. The smallest absolute Gasteiger partial charge is 0.123 e. The molecule has 3 rings (SSSR count). The lowest BCUT2D eigenvalue weighted by molar-refractivity contribution is -0.106. The van der Waals surface area contributed by atoms with Gasteiger partial charge in [0.2, 0.25) is 0 Å². The van der Waals surface area contributed by atoms with E-state index in [2.05, 4.69) is 36.9 Å². The Bertz CT molecular complexity index is 481. The maximum Gasteiger partial charge on any atom is 0.123 e. The van der Waals surface area contributed by atoms with Gasteiger partial charge in [0.25, 0.3) is 0 Å². The topological polar surface area (TPSA) is 47.7 Å². The molecule has 1 fully saturated rings. The molecule has 0 amide bonds. The SMILES string of the molecule is CC1CC(CN)(N2CCOc3ccccc3C2)CC(C)O1. The van der Waals surface area contributed by atoms with Crippen molar-refractivity contribution in [1.82, 2.24) is 4.90 Å². The van der Waals surface area contributed by atoms with E-state index in [9.17, 15) is 0 Å². The van der Waals surface area contributed by atoms with Gasteiger partial charge in [0.05, 0.1) is 12.2 Å². The first-order valence-electron chi connectivity index (χ1n) is 7.94. The summed E-state index contributed by atoms with van der Waals surface area (Å²) in [5.74, 6) is 1.01. The normalized spacial score (nSPS) is 33.9. The third kappa shape index (κ3) is 2.93. The predicted molar refractivity (Wildman–Crippen MR) is 83.4 cm³/mol. The van der Waals surface area contributed by atoms with Crippen molar-refractivity contribution >= 4 is 0 Å². The van der Waals surface area contributed by atoms with Crippen molar-refractivity contribution in [2.45, 2.75) is 51.0 Å². The highest BCUT2D eigenvalue weighted by molar-refractivity contribution is 5.34. The number of rotatable bonds is 2. The van der Waals surface area contributed by atoms with E-state index in [0.717, 1.165) is 38.3 Å². The molecule has 2 heterocycles. The summed E-state index contributed by atoms with van der Waals surface area (Å²) in [6.07, 6.45) is 2.51. The number of para-hydroxylation sites is 1. The average molecular weight is 290 g/mol. The van der Waals surface area contributed by atoms with Crippen LogP contribution in [0.5, 0.6) is 5.75 Å². The number of hydrogen-bond acceptors (Lipinski definition) is 4. The summed E-state index contributed by atoms with van der Waals surface area (Å²) in [4.78, 5) is 2.52. The van der Waals surface area contributed by atoms with Gasteiger partial charge >= 0.3 is 0 Å². The molecule has 2 aliphatic heterocycles. The number of nitrogens with two attached hydrogens (primary N) is 1. The Balaban J connectivity index is 1.87. The van der Waals surface area contributed by atoms with Gasteiger partial charge in [-0.05, 0) is 32.8 Å². The molecule has 2 unspecified atom stereocenters. The van der Waals surface area contributed by atoms with Crippen LogP contribution in [0.2, 0.25) is 0 Å². The minimum atomic E-state index is 0.0257. The Kier molecular flexibility index (Phi) is 4.20. The highest BCUT2D eigenvalue weighted by Crippen LogP contribution is 2.36. The van der Waals surface area contributed by atoms with Gasteiger partial charge in [-0.15, -0.1) is 0 Å². The van der Waals surface area contributed by atoms with E-state index in [1.807, 2.05) is 6.07 Å². The lowest BCUT2D eigenvalue weighted by atomic mass is 9.82. The summed E-state index contributed by atoms with van der Waals surface area (Å²) >= 11 is 0. The minimum Gasteiger partial charge on any atom is -0.492 e. The van der Waals surface area contributed by atoms with Crippen molar-refractivity contribution in [1.29, 1.82) is 0 Å². The molecule has 1 saturated heterocycles. The molecule has 21 heavy (non-hydrogen) atoms. The summed E-state index contributed by atoms with van der Waals surface area (Å²) in [6, 6.07) is 8.33. The van der Waals surface area contributed by atoms with Crippen molar-refractivity contribution in [3.05, 3.63) is 29.8 Å². The second-order valence-electron chi connectivity index (χ2n) is 6.47. The summed E-state index contributed by atoms with van der Waals surface area (Å²) in [6.45, 7) is 7.54. The molecule has 2 aliphatic rings. The molecule has 0 radical (unpaired) electrons. The fourth-order valence-electron chi connectivity index (χ4n) is 3.93. The molecule has 0 spiro atoms. The molecule has 116 valence electrons. The van der Waals surface area contributed by atoms with E-state index in [-0.39, 0.29) is 17.7 Å². The zero-order chi connectivity index (χ0) is 14.9. The van der Waals surface area contributed by atoms with Gasteiger partial charge in [-0.25, -0.2) is 0 Å². The first kappa shape index (κ1) is 14.8. The zero-order valence-corrected chi connectivity index (χ0v) is 13.0. The standard InChI is InChI=1S/C17H26N2O2/c1-13-9-17(12-18,10-14(2)21-13)19-7-8-20-16-6-4-3-5-15(16)11-19/h3-6,13-14H,7-12,18H2,1-2H3. The third-order valence-electron chi connectivity index (χ3n) is 4.80. The summed E-state index contributed by atoms with van der Waals surface area (Å²) in [5, 5.41) is 0. The zero-order valence-electron chi connectivity index (χ0n) is 13.0. The molecule has 4 heteroatoms. The molecule has 1 aromatic rings. The van der Waals surface area contributed by atoms with Crippen LogP contribution in [-0.4, -0.2) is 42.3 Å². The molecule has 4 nitrogen and oxygen atoms in total. The summed E-state index contributed by atoms with van der Waals surface area (Å²) < 4.78 is 11.8. The van der Waals surface area contributed by atoms with Crippen LogP contribution in [0.25, 0.3) is 0 Å². The predicted octanol–water partition coefficient (Wildman–Crippen LogP) is 2.17. The van der Waals surface area contributed by atoms with Gasteiger partial charge in [0, 0.05) is 30.7 Å². The molecule has 1 aromatic carbocycles. The molecule has 0 aliphatic carbocycles. The first-order valence-corrected chi connectivity index (χ1v) is 7.94. The van der Waals surface area contributed by atoms with Crippen LogP contribution in [0.15, 0.2) is 24.3 Å². The quantitative estimate of drug-likeness (QED) is 0.907. The van der Waals surface area contributed by atoms with E-state index in [1.54, 1.807) is 0 Å². The maximum absolute atomic E-state index is 6.23. The van der Waals surface area contributed by atoms with Crippen LogP contribution in [0, 0.1) is 0 Å². The molecule has 2 atom stereocenters. The van der Waals surface area contributed by atoms with E-state index in [1.165, 1.54) is 5.56 Å². The Morgan fingerprint density at radius 2 is 1.95 bits per heavy atom. The van der Waals surface area contributed by atoms with Crippen molar-refractivity contribution in [3.8, 4) is 5.75 Å². The molecular formula is C17H26N2O2. The van der Waals surface area contributed by atoms with Gasteiger partial charge in [0.1, 0.15) is 12.4 Å². The van der Waals surface area contributed by atoms with Crippen molar-refractivity contribution in [2.24, 2.45) is 5.73 Å². The van der Waals surface area contributed by atoms with Crippen LogP contribution in [0.1, 0.15) is 32.3 Å². The van der Waals surface area contributed by atoms with E-state index < -0.39 is 0 Å². The van der Waals surface area contributed by atoms with Gasteiger partial charge in [-0.2, -0.15) is 0 Å². The average Bonchev–Trinajstić information content (AvgIpc) is 2.68. The summed E-state index contributed by atoms with van der Waals surface area (Å²) in [5.41, 5.74) is 7.51. The van der Waals surface area contributed by atoms with Gasteiger partial charge in [-0.3, -0.25) is 4.90 Å². The van der Waals surface area contributed by atoms with Gasteiger partial charge in [0.15, 0.2) is 0 Å². The van der Waals surface area contributed by atoms with Crippen molar-refractivity contribution in [2.75, 3.05) is 19.7 Å². The fourth-order valence-corrected chi connectivity index (χ4v) is 3.93. The largest absolute Gasteiger partial charge is 0.492 e. The fraction of sp³-hybridized carbons (Fsp3) is 0.647. The third-order valence-corrected chi connectivity index (χ3v) is 4.80. The van der Waals surface area contributed by atoms with Crippen LogP contribution in [0.3, 0.4) is 0 Å². The van der Waals surface area contributed by atoms with Gasteiger partial charge in [-0.1, -0.05) is 18.2 Å². The monoisotopic (exact) mass is 290 g/mol. The van der Waals surface area contributed by atoms with Crippen LogP contribution >= 0.6 is 0 Å². The van der Waals surface area contributed by atoms with Crippen LogP contribution in [0.4, 0.5) is 0 Å². The molecule has 0 saturated carbocycles. The summed E-state index contributed by atoms with van der Waals surface area (Å²) in [7, 11) is 0. The van der Waals surface area contributed by atoms with Crippen molar-refractivity contribution < 1.29 is 9.47 Å². The molecule has 0 bridgehead atoms. The van der Waals surface area contributed by atoms with Gasteiger partial charge < -0.3 is 15.2 Å². The number of hydrogen-bond donors (Lipinski definition) is 1. The number of fused-ring (bicyclic) bond motifs is 1. The van der Waals surface area contributed by atoms with Crippen LogP contribution < -0.4 is 10.5 Å². The Morgan fingerprint density at radius 1 is 1.24 bits per heavy atom. The molecule has 2 N–H and O–H groups in total. The number of nitrogens with zero attached hydrogens (tertiary/aromatic N) is 1. The highest BCUT2D eigenvalue weighted by atomic mass is 16.5. The second kappa shape index (κ2) is 5.95. The second-order valence-corrected chi connectivity index (χ2v) is 6.47. The van der Waals surface area contributed by atoms with E-state index in [0.29, 0.717) is 6.54 Å². The lowest BCUT2D eigenvalue weighted by Crippen LogP contribution is -2.59. The maximum atomic E-state index is 6.23. The minimum absolute atomic E-state index is 0.0257. The van der Waals surface area contributed by atoms with E-state index in [4.69, 9.17) is 15.2 Å². The molecule has 0 aromatic heterocycles. The molecular weight excluding hydrogens is 264 g/mol. The van der Waals surface area contributed by atoms with Crippen LogP contribution in [-0.2, 0) is 11.3 Å². The number of ether oxygens (including phenoxy) is 2. The van der Waals surface area contributed by atoms with Crippen molar-refractivity contribution in [3.63, 3.8) is 0 Å². The lowest BCUT2D eigenvalue weighted by Gasteiger charge is -2.49. The Hall–Kier alpha value is -1.10. The highest BCUT2D eigenvalue weighted by Gasteiger charge is 2.42. The van der Waals surface area contributed by atoms with E-state index >= 15 is 0 Å². The number of benzene rings is 1. The Morgan fingerprint density at radius 3 is 2.67 bits per heavy atom. The Labute approximate surface area is 127 Å².